The fraction of sp³-hybridized carbons (Fsp3) is 0.714. The van der Waals surface area contributed by atoms with E-state index in [4.69, 9.17) is 4.74 Å². The predicted molar refractivity (Wildman–Crippen MR) is 101 cm³/mol. The molecule has 0 aliphatic rings. The van der Waals surface area contributed by atoms with Crippen LogP contribution in [-0.4, -0.2) is 13.2 Å². The Hall–Kier alpha value is -1.02. The molecular formula is C21H37NO. The van der Waals surface area contributed by atoms with Gasteiger partial charge in [0.05, 0.1) is 6.61 Å². The maximum Gasteiger partial charge on any atom is 0.124 e. The molecule has 1 aromatic carbocycles. The minimum Gasteiger partial charge on any atom is -0.493 e. The number of hydrogen-bond acceptors (Lipinski definition) is 2. The second-order valence-electron chi connectivity index (χ2n) is 7.82. The predicted octanol–water partition coefficient (Wildman–Crippen LogP) is 6.12. The number of ether oxygens (including phenoxy) is 1. The molecule has 0 radical (unpaired) electrons. The summed E-state index contributed by atoms with van der Waals surface area (Å²) >= 11 is 0. The third kappa shape index (κ3) is 9.00. The molecule has 0 heterocycles. The van der Waals surface area contributed by atoms with Gasteiger partial charge in [-0.05, 0) is 24.8 Å². The van der Waals surface area contributed by atoms with Gasteiger partial charge in [0, 0.05) is 18.2 Å². The van der Waals surface area contributed by atoms with E-state index in [1.54, 1.807) is 0 Å². The zero-order valence-corrected chi connectivity index (χ0v) is 16.0. The Labute approximate surface area is 144 Å². The normalized spacial score (nSPS) is 13.1. The molecule has 0 aliphatic heterocycles. The van der Waals surface area contributed by atoms with Gasteiger partial charge >= 0.3 is 0 Å². The maximum absolute atomic E-state index is 6.06. The Morgan fingerprint density at radius 1 is 1.00 bits per heavy atom. The summed E-state index contributed by atoms with van der Waals surface area (Å²) in [5.41, 5.74) is 1.56. The Bertz CT molecular complexity index is 422. The van der Waals surface area contributed by atoms with E-state index >= 15 is 0 Å². The van der Waals surface area contributed by atoms with Crippen molar-refractivity contribution in [3.05, 3.63) is 29.8 Å². The molecular weight excluding hydrogens is 282 g/mol. The lowest BCUT2D eigenvalue weighted by molar-refractivity contribution is 0.295. The Balaban J connectivity index is 2.41. The monoisotopic (exact) mass is 319 g/mol. The maximum atomic E-state index is 6.06. The summed E-state index contributed by atoms with van der Waals surface area (Å²) in [4.78, 5) is 0. The van der Waals surface area contributed by atoms with Crippen molar-refractivity contribution >= 4 is 0 Å². The van der Waals surface area contributed by atoms with Crippen LogP contribution in [0.25, 0.3) is 0 Å². The van der Waals surface area contributed by atoms with E-state index in [1.165, 1.54) is 37.7 Å². The van der Waals surface area contributed by atoms with Crippen LogP contribution in [0.5, 0.6) is 5.75 Å². The third-order valence-electron chi connectivity index (χ3n) is 4.08. The van der Waals surface area contributed by atoms with Crippen LogP contribution in [0, 0.1) is 5.41 Å². The average molecular weight is 320 g/mol. The number of unbranched alkanes of at least 4 members (excludes halogenated alkanes) is 5. The van der Waals surface area contributed by atoms with Gasteiger partial charge in [-0.2, -0.15) is 0 Å². The highest BCUT2D eigenvalue weighted by Crippen LogP contribution is 2.26. The Morgan fingerprint density at radius 2 is 1.65 bits per heavy atom. The van der Waals surface area contributed by atoms with Gasteiger partial charge in [0.1, 0.15) is 5.75 Å². The number of rotatable bonds is 11. The van der Waals surface area contributed by atoms with Gasteiger partial charge in [0.25, 0.3) is 0 Å². The summed E-state index contributed by atoms with van der Waals surface area (Å²) in [5, 5.41) is 3.62. The summed E-state index contributed by atoms with van der Waals surface area (Å²) in [7, 11) is 0. The first-order chi connectivity index (χ1) is 10.9. The molecule has 0 saturated heterocycles. The molecule has 0 aliphatic carbocycles. The van der Waals surface area contributed by atoms with Crippen molar-refractivity contribution in [2.45, 2.75) is 79.2 Å². The molecule has 132 valence electrons. The molecule has 2 nitrogen and oxygen atoms in total. The molecule has 0 fully saturated rings. The van der Waals surface area contributed by atoms with Crippen molar-refractivity contribution in [3.8, 4) is 5.75 Å². The van der Waals surface area contributed by atoms with Crippen molar-refractivity contribution < 1.29 is 4.74 Å². The van der Waals surface area contributed by atoms with Crippen LogP contribution < -0.4 is 10.1 Å². The first kappa shape index (κ1) is 20.0. The highest BCUT2D eigenvalue weighted by atomic mass is 16.5. The molecule has 2 heteroatoms. The van der Waals surface area contributed by atoms with E-state index in [0.29, 0.717) is 11.5 Å². The van der Waals surface area contributed by atoms with Crippen LogP contribution in [0.4, 0.5) is 0 Å². The molecule has 0 amide bonds. The van der Waals surface area contributed by atoms with E-state index in [2.05, 4.69) is 64.2 Å². The fourth-order valence-corrected chi connectivity index (χ4v) is 2.60. The highest BCUT2D eigenvalue weighted by Gasteiger charge is 2.15. The van der Waals surface area contributed by atoms with Gasteiger partial charge in [-0.15, -0.1) is 0 Å². The fourth-order valence-electron chi connectivity index (χ4n) is 2.60. The van der Waals surface area contributed by atoms with E-state index < -0.39 is 0 Å². The number of benzene rings is 1. The molecule has 1 unspecified atom stereocenters. The zero-order valence-electron chi connectivity index (χ0n) is 16.0. The van der Waals surface area contributed by atoms with Crippen molar-refractivity contribution in [3.63, 3.8) is 0 Å². The molecule has 1 aromatic rings. The largest absolute Gasteiger partial charge is 0.493 e. The van der Waals surface area contributed by atoms with E-state index in [9.17, 15) is 0 Å². The summed E-state index contributed by atoms with van der Waals surface area (Å²) in [5.74, 6) is 1.04. The smallest absolute Gasteiger partial charge is 0.124 e. The van der Waals surface area contributed by atoms with Crippen LogP contribution in [0.1, 0.15) is 84.7 Å². The lowest BCUT2D eigenvalue weighted by Crippen LogP contribution is -2.29. The quantitative estimate of drug-likeness (QED) is 0.496. The van der Waals surface area contributed by atoms with Gasteiger partial charge in [0.15, 0.2) is 0 Å². The van der Waals surface area contributed by atoms with Gasteiger partial charge in [0.2, 0.25) is 0 Å². The molecule has 0 aromatic heterocycles. The van der Waals surface area contributed by atoms with Crippen LogP contribution in [0.3, 0.4) is 0 Å². The molecule has 1 N–H and O–H groups in total. The highest BCUT2D eigenvalue weighted by molar-refractivity contribution is 5.35. The average Bonchev–Trinajstić information content (AvgIpc) is 2.51. The van der Waals surface area contributed by atoms with Crippen molar-refractivity contribution in [2.75, 3.05) is 13.2 Å². The lowest BCUT2D eigenvalue weighted by Gasteiger charge is -2.24. The first-order valence-corrected chi connectivity index (χ1v) is 9.39. The van der Waals surface area contributed by atoms with E-state index in [1.807, 2.05) is 0 Å². The second-order valence-corrected chi connectivity index (χ2v) is 7.82. The summed E-state index contributed by atoms with van der Waals surface area (Å²) < 4.78 is 6.06. The molecule has 1 atom stereocenters. The van der Waals surface area contributed by atoms with E-state index in [0.717, 1.165) is 25.3 Å². The van der Waals surface area contributed by atoms with Gasteiger partial charge in [-0.1, -0.05) is 78.0 Å². The molecule has 1 rings (SSSR count). The lowest BCUT2D eigenvalue weighted by atomic mass is 9.96. The van der Waals surface area contributed by atoms with Crippen molar-refractivity contribution in [1.29, 1.82) is 0 Å². The standard InChI is InChI=1S/C21H37NO/c1-6-7-8-9-10-13-16-23-20-15-12-11-14-19(20)18(2)22-17-21(3,4)5/h11-12,14-15,18,22H,6-10,13,16-17H2,1-5H3. The van der Waals surface area contributed by atoms with Crippen LogP contribution in [-0.2, 0) is 0 Å². The Morgan fingerprint density at radius 3 is 2.35 bits per heavy atom. The molecule has 23 heavy (non-hydrogen) atoms. The zero-order chi connectivity index (χ0) is 17.1. The van der Waals surface area contributed by atoms with Crippen molar-refractivity contribution in [2.24, 2.45) is 5.41 Å². The second kappa shape index (κ2) is 10.7. The first-order valence-electron chi connectivity index (χ1n) is 9.39. The molecule has 0 bridgehead atoms. The summed E-state index contributed by atoms with van der Waals surface area (Å²) in [6.45, 7) is 13.1. The van der Waals surface area contributed by atoms with Gasteiger partial charge < -0.3 is 10.1 Å². The minimum atomic E-state index is 0.294. The number of hydrogen-bond donors (Lipinski definition) is 1. The minimum absolute atomic E-state index is 0.294. The van der Waals surface area contributed by atoms with Crippen LogP contribution in [0.2, 0.25) is 0 Å². The molecule has 0 saturated carbocycles. The Kier molecular flexibility index (Phi) is 9.31. The van der Waals surface area contributed by atoms with E-state index in [-0.39, 0.29) is 0 Å². The topological polar surface area (TPSA) is 21.3 Å². The number of nitrogens with one attached hydrogen (secondary N) is 1. The summed E-state index contributed by atoms with van der Waals surface area (Å²) in [6.07, 6.45) is 7.80. The third-order valence-corrected chi connectivity index (χ3v) is 4.08. The SMILES string of the molecule is CCCCCCCCOc1ccccc1C(C)NCC(C)(C)C. The number of para-hydroxylation sites is 1. The van der Waals surface area contributed by atoms with Crippen molar-refractivity contribution in [1.82, 2.24) is 5.32 Å². The van der Waals surface area contributed by atoms with Gasteiger partial charge in [-0.25, -0.2) is 0 Å². The molecule has 0 spiro atoms. The van der Waals surface area contributed by atoms with Crippen LogP contribution in [0.15, 0.2) is 24.3 Å². The van der Waals surface area contributed by atoms with Gasteiger partial charge in [-0.3, -0.25) is 0 Å². The van der Waals surface area contributed by atoms with Crippen LogP contribution >= 0.6 is 0 Å². The summed E-state index contributed by atoms with van der Waals surface area (Å²) in [6, 6.07) is 8.76.